The lowest BCUT2D eigenvalue weighted by Crippen LogP contribution is -2.27. The number of halogens is 1. The molecule has 0 radical (unpaired) electrons. The van der Waals surface area contributed by atoms with E-state index in [4.69, 9.17) is 9.84 Å². The lowest BCUT2D eigenvalue weighted by atomic mass is 10.2. The Kier molecular flexibility index (Phi) is 4.28. The Morgan fingerprint density at radius 2 is 2.25 bits per heavy atom. The molecule has 0 aromatic heterocycles. The second kappa shape index (κ2) is 5.49. The first-order valence-electron chi connectivity index (χ1n) is 5.20. The molecule has 1 aromatic rings. The number of carboxylic acids is 1. The van der Waals surface area contributed by atoms with Crippen LogP contribution >= 0.6 is 0 Å². The van der Waals surface area contributed by atoms with Crippen molar-refractivity contribution in [1.29, 1.82) is 0 Å². The minimum absolute atomic E-state index is 0.292. The first kappa shape index (κ1) is 12.5. The van der Waals surface area contributed by atoms with Gasteiger partial charge in [-0.2, -0.15) is 0 Å². The molecule has 1 rings (SSSR count). The molecule has 0 amide bonds. The molecule has 0 bridgehead atoms. The zero-order valence-electron chi connectivity index (χ0n) is 9.37. The predicted octanol–water partition coefficient (Wildman–Crippen LogP) is 2.77. The van der Waals surface area contributed by atoms with Gasteiger partial charge in [-0.25, -0.2) is 9.18 Å². The third-order valence-corrected chi connectivity index (χ3v) is 2.25. The molecule has 0 spiro atoms. The lowest BCUT2D eigenvalue weighted by molar-refractivity contribution is -0.145. The average Bonchev–Trinajstić information content (AvgIpc) is 2.22. The summed E-state index contributed by atoms with van der Waals surface area (Å²) in [5.41, 5.74) is 0.726. The van der Waals surface area contributed by atoms with Gasteiger partial charge < -0.3 is 9.84 Å². The molecule has 0 saturated heterocycles. The molecule has 0 aliphatic heterocycles. The van der Waals surface area contributed by atoms with Crippen LogP contribution in [-0.2, 0) is 4.79 Å². The Morgan fingerprint density at radius 3 is 2.81 bits per heavy atom. The van der Waals surface area contributed by atoms with Gasteiger partial charge in [-0.1, -0.05) is 19.4 Å². The van der Waals surface area contributed by atoms with E-state index in [1.165, 1.54) is 12.1 Å². The van der Waals surface area contributed by atoms with Gasteiger partial charge in [0.05, 0.1) is 0 Å². The van der Waals surface area contributed by atoms with Crippen molar-refractivity contribution in [1.82, 2.24) is 0 Å². The summed E-state index contributed by atoms with van der Waals surface area (Å²) in [4.78, 5) is 10.9. The first-order valence-corrected chi connectivity index (χ1v) is 5.20. The van der Waals surface area contributed by atoms with Crippen molar-refractivity contribution in [3.8, 4) is 5.75 Å². The number of aliphatic carboxylic acids is 1. The average molecular weight is 226 g/mol. The van der Waals surface area contributed by atoms with Gasteiger partial charge in [0.15, 0.2) is 6.10 Å². The highest BCUT2D eigenvalue weighted by Crippen LogP contribution is 2.21. The molecule has 0 fully saturated rings. The van der Waals surface area contributed by atoms with Crippen molar-refractivity contribution in [2.45, 2.75) is 32.8 Å². The summed E-state index contributed by atoms with van der Waals surface area (Å²) in [5, 5.41) is 8.91. The number of rotatable bonds is 5. The molecule has 4 heteroatoms. The quantitative estimate of drug-likeness (QED) is 0.839. The SMILES string of the molecule is CCCC(Oc1cc(F)ccc1C)C(=O)O. The highest BCUT2D eigenvalue weighted by atomic mass is 19.1. The summed E-state index contributed by atoms with van der Waals surface area (Å²) in [6, 6.07) is 4.09. The molecular formula is C12H15FO3. The van der Waals surface area contributed by atoms with E-state index in [0.29, 0.717) is 18.6 Å². The zero-order chi connectivity index (χ0) is 12.1. The Morgan fingerprint density at radius 1 is 1.56 bits per heavy atom. The van der Waals surface area contributed by atoms with E-state index in [1.54, 1.807) is 13.0 Å². The van der Waals surface area contributed by atoms with Gasteiger partial charge in [0, 0.05) is 6.07 Å². The van der Waals surface area contributed by atoms with Crippen LogP contribution in [0.4, 0.5) is 4.39 Å². The largest absolute Gasteiger partial charge is 0.479 e. The Balaban J connectivity index is 2.84. The van der Waals surface area contributed by atoms with E-state index in [-0.39, 0.29) is 0 Å². The second-order valence-corrected chi connectivity index (χ2v) is 3.64. The second-order valence-electron chi connectivity index (χ2n) is 3.64. The van der Waals surface area contributed by atoms with E-state index in [9.17, 15) is 9.18 Å². The van der Waals surface area contributed by atoms with Crippen molar-refractivity contribution in [2.75, 3.05) is 0 Å². The minimum atomic E-state index is -1.02. The molecular weight excluding hydrogens is 211 g/mol. The van der Waals surface area contributed by atoms with Crippen molar-refractivity contribution in [3.05, 3.63) is 29.6 Å². The summed E-state index contributed by atoms with van der Waals surface area (Å²) < 4.78 is 18.2. The van der Waals surface area contributed by atoms with Crippen LogP contribution in [0.1, 0.15) is 25.3 Å². The number of ether oxygens (including phenoxy) is 1. The van der Waals surface area contributed by atoms with Crippen molar-refractivity contribution >= 4 is 5.97 Å². The minimum Gasteiger partial charge on any atom is -0.479 e. The fourth-order valence-corrected chi connectivity index (χ4v) is 1.35. The Hall–Kier alpha value is -1.58. The van der Waals surface area contributed by atoms with Crippen LogP contribution < -0.4 is 4.74 Å². The fraction of sp³-hybridized carbons (Fsp3) is 0.417. The summed E-state index contributed by atoms with van der Waals surface area (Å²) in [7, 11) is 0. The van der Waals surface area contributed by atoms with E-state index in [0.717, 1.165) is 5.56 Å². The van der Waals surface area contributed by atoms with Crippen LogP contribution in [-0.4, -0.2) is 17.2 Å². The zero-order valence-corrected chi connectivity index (χ0v) is 9.37. The van der Waals surface area contributed by atoms with E-state index in [1.807, 2.05) is 6.92 Å². The molecule has 0 aliphatic carbocycles. The molecule has 3 nitrogen and oxygen atoms in total. The van der Waals surface area contributed by atoms with Gasteiger partial charge in [0.2, 0.25) is 0 Å². The van der Waals surface area contributed by atoms with Gasteiger partial charge in [-0.15, -0.1) is 0 Å². The first-order chi connectivity index (χ1) is 7.54. The van der Waals surface area contributed by atoms with Crippen LogP contribution in [0.5, 0.6) is 5.75 Å². The predicted molar refractivity (Wildman–Crippen MR) is 58.1 cm³/mol. The third-order valence-electron chi connectivity index (χ3n) is 2.25. The third kappa shape index (κ3) is 3.22. The van der Waals surface area contributed by atoms with Crippen molar-refractivity contribution in [3.63, 3.8) is 0 Å². The summed E-state index contributed by atoms with van der Waals surface area (Å²) in [6.45, 7) is 3.62. The number of hydrogen-bond acceptors (Lipinski definition) is 2. The monoisotopic (exact) mass is 226 g/mol. The van der Waals surface area contributed by atoms with Gasteiger partial charge in [0.25, 0.3) is 0 Å². The molecule has 88 valence electrons. The Labute approximate surface area is 93.9 Å². The van der Waals surface area contributed by atoms with Gasteiger partial charge in [-0.05, 0) is 25.0 Å². The van der Waals surface area contributed by atoms with E-state index in [2.05, 4.69) is 0 Å². The smallest absolute Gasteiger partial charge is 0.344 e. The standard InChI is InChI=1S/C12H15FO3/c1-3-4-10(12(14)15)16-11-7-9(13)6-5-8(11)2/h5-7,10H,3-4H2,1-2H3,(H,14,15). The molecule has 16 heavy (non-hydrogen) atoms. The van der Waals surface area contributed by atoms with Crippen molar-refractivity contribution < 1.29 is 19.0 Å². The number of benzene rings is 1. The number of carboxylic acid groups (broad SMARTS) is 1. The molecule has 0 saturated carbocycles. The molecule has 0 aliphatic rings. The summed E-state index contributed by atoms with van der Waals surface area (Å²) >= 11 is 0. The molecule has 1 unspecified atom stereocenters. The highest BCUT2D eigenvalue weighted by Gasteiger charge is 2.19. The molecule has 1 aromatic carbocycles. The van der Waals surface area contributed by atoms with Gasteiger partial charge in [0.1, 0.15) is 11.6 Å². The number of hydrogen-bond donors (Lipinski definition) is 1. The van der Waals surface area contributed by atoms with E-state index < -0.39 is 17.9 Å². The van der Waals surface area contributed by atoms with Gasteiger partial charge >= 0.3 is 5.97 Å². The van der Waals surface area contributed by atoms with Crippen LogP contribution in [0.25, 0.3) is 0 Å². The normalized spacial score (nSPS) is 12.2. The maximum atomic E-state index is 13.0. The van der Waals surface area contributed by atoms with Crippen molar-refractivity contribution in [2.24, 2.45) is 0 Å². The Bertz CT molecular complexity index is 377. The fourth-order valence-electron chi connectivity index (χ4n) is 1.35. The number of carbonyl (C=O) groups is 1. The maximum absolute atomic E-state index is 13.0. The molecule has 0 heterocycles. The highest BCUT2D eigenvalue weighted by molar-refractivity contribution is 5.72. The van der Waals surface area contributed by atoms with Crippen LogP contribution in [0.3, 0.4) is 0 Å². The van der Waals surface area contributed by atoms with Crippen LogP contribution in [0.15, 0.2) is 18.2 Å². The molecule has 1 N–H and O–H groups in total. The molecule has 1 atom stereocenters. The maximum Gasteiger partial charge on any atom is 0.344 e. The van der Waals surface area contributed by atoms with Crippen LogP contribution in [0.2, 0.25) is 0 Å². The number of aryl methyl sites for hydroxylation is 1. The van der Waals surface area contributed by atoms with E-state index >= 15 is 0 Å². The lowest BCUT2D eigenvalue weighted by Gasteiger charge is -2.15. The topological polar surface area (TPSA) is 46.5 Å². The van der Waals surface area contributed by atoms with Crippen LogP contribution in [0, 0.1) is 12.7 Å². The van der Waals surface area contributed by atoms with Gasteiger partial charge in [-0.3, -0.25) is 0 Å². The summed E-state index contributed by atoms with van der Waals surface area (Å²) in [5.74, 6) is -1.16. The summed E-state index contributed by atoms with van der Waals surface area (Å²) in [6.07, 6.45) is 0.196.